The summed E-state index contributed by atoms with van der Waals surface area (Å²) >= 11 is 1.95. The van der Waals surface area contributed by atoms with Crippen LogP contribution < -0.4 is 5.32 Å². The van der Waals surface area contributed by atoms with E-state index in [-0.39, 0.29) is 6.09 Å². The molecule has 0 spiro atoms. The molecule has 8 heteroatoms. The third-order valence-electron chi connectivity index (χ3n) is 5.40. The summed E-state index contributed by atoms with van der Waals surface area (Å²) in [6.07, 6.45) is 12.0. The van der Waals surface area contributed by atoms with Gasteiger partial charge in [-0.3, -0.25) is 4.90 Å². The molecule has 1 rings (SSSR count). The molecule has 7 nitrogen and oxygen atoms in total. The zero-order valence-corrected chi connectivity index (χ0v) is 19.7. The normalized spacial score (nSPS) is 14.6. The molecule has 0 aliphatic carbocycles. The maximum Gasteiger partial charge on any atom is 0.407 e. The lowest BCUT2D eigenvalue weighted by atomic mass is 10.1. The van der Waals surface area contributed by atoms with Crippen LogP contribution in [0.2, 0.25) is 0 Å². The highest BCUT2D eigenvalue weighted by molar-refractivity contribution is 7.99. The quantitative estimate of drug-likeness (QED) is 0.317. The van der Waals surface area contributed by atoms with E-state index >= 15 is 0 Å². The van der Waals surface area contributed by atoms with Crippen LogP contribution >= 0.6 is 11.8 Å². The van der Waals surface area contributed by atoms with Crippen molar-refractivity contribution in [2.45, 2.75) is 71.1 Å². The highest BCUT2D eigenvalue weighted by atomic mass is 32.2. The number of amides is 2. The highest BCUT2D eigenvalue weighted by Gasteiger charge is 2.19. The number of thioether (sulfide) groups is 1. The van der Waals surface area contributed by atoms with Gasteiger partial charge in [-0.2, -0.15) is 11.8 Å². The van der Waals surface area contributed by atoms with Gasteiger partial charge in [0.15, 0.2) is 0 Å². The fourth-order valence-electron chi connectivity index (χ4n) is 3.47. The van der Waals surface area contributed by atoms with Gasteiger partial charge in [0.1, 0.15) is 0 Å². The van der Waals surface area contributed by atoms with Crippen LogP contribution in [-0.4, -0.2) is 84.5 Å². The summed E-state index contributed by atoms with van der Waals surface area (Å²) in [7, 11) is 0. The maximum absolute atomic E-state index is 11.7. The smallest absolute Gasteiger partial charge is 0.407 e. The molecular weight excluding hydrogens is 402 g/mol. The number of carboxylic acid groups (broad SMARTS) is 1. The minimum absolute atomic E-state index is 0.358. The van der Waals surface area contributed by atoms with Crippen molar-refractivity contribution in [1.29, 1.82) is 0 Å². The second-order valence-corrected chi connectivity index (χ2v) is 9.19. The van der Waals surface area contributed by atoms with Crippen LogP contribution in [0, 0.1) is 0 Å². The first kappa shape index (κ1) is 26.9. The van der Waals surface area contributed by atoms with Crippen LogP contribution in [0.15, 0.2) is 0 Å². The van der Waals surface area contributed by atoms with Gasteiger partial charge in [0, 0.05) is 39.3 Å². The molecule has 0 aromatic carbocycles. The van der Waals surface area contributed by atoms with Crippen molar-refractivity contribution in [2.75, 3.05) is 57.4 Å². The van der Waals surface area contributed by atoms with Gasteiger partial charge in [-0.25, -0.2) is 9.59 Å². The Labute approximate surface area is 187 Å². The first-order valence-corrected chi connectivity index (χ1v) is 13.0. The van der Waals surface area contributed by atoms with Gasteiger partial charge >= 0.3 is 12.2 Å². The lowest BCUT2D eigenvalue weighted by molar-refractivity contribution is 0.105. The van der Waals surface area contributed by atoms with Gasteiger partial charge in [0.2, 0.25) is 0 Å². The average molecular weight is 446 g/mol. The number of hydrogen-bond acceptors (Lipinski definition) is 5. The van der Waals surface area contributed by atoms with Crippen LogP contribution in [-0.2, 0) is 4.74 Å². The summed E-state index contributed by atoms with van der Waals surface area (Å²) in [5.74, 6) is 2.25. The molecular formula is C22H43N3O4S. The van der Waals surface area contributed by atoms with E-state index in [0.717, 1.165) is 18.7 Å². The summed E-state index contributed by atoms with van der Waals surface area (Å²) in [4.78, 5) is 26.1. The van der Waals surface area contributed by atoms with E-state index in [9.17, 15) is 9.59 Å². The molecule has 1 aliphatic heterocycles. The third-order valence-corrected chi connectivity index (χ3v) is 6.55. The van der Waals surface area contributed by atoms with Gasteiger partial charge in [-0.15, -0.1) is 0 Å². The number of piperazine rings is 1. The second kappa shape index (κ2) is 18.6. The molecule has 1 heterocycles. The lowest BCUT2D eigenvalue weighted by Crippen LogP contribution is -2.49. The zero-order chi connectivity index (χ0) is 21.9. The van der Waals surface area contributed by atoms with Crippen molar-refractivity contribution >= 4 is 23.9 Å². The Morgan fingerprint density at radius 3 is 2.13 bits per heavy atom. The first-order chi connectivity index (χ1) is 14.6. The molecule has 0 bridgehead atoms. The number of ether oxygens (including phenoxy) is 1. The molecule has 30 heavy (non-hydrogen) atoms. The lowest BCUT2D eigenvalue weighted by Gasteiger charge is -2.32. The number of alkyl carbamates (subject to hydrolysis) is 1. The minimum atomic E-state index is -0.859. The van der Waals surface area contributed by atoms with Crippen LogP contribution in [0.25, 0.3) is 0 Å². The van der Waals surface area contributed by atoms with Crippen molar-refractivity contribution < 1.29 is 19.4 Å². The second-order valence-electron chi connectivity index (χ2n) is 7.97. The Morgan fingerprint density at radius 1 is 0.900 bits per heavy atom. The summed E-state index contributed by atoms with van der Waals surface area (Å²) in [6, 6.07) is 0. The fraction of sp³-hybridized carbons (Fsp3) is 0.909. The molecule has 0 atom stereocenters. The minimum Gasteiger partial charge on any atom is -0.465 e. The van der Waals surface area contributed by atoms with E-state index in [1.807, 2.05) is 11.8 Å². The number of carbonyl (C=O) groups excluding carboxylic acids is 1. The van der Waals surface area contributed by atoms with Gasteiger partial charge in [0.05, 0.1) is 6.61 Å². The largest absolute Gasteiger partial charge is 0.465 e. The molecule has 2 amide bonds. The zero-order valence-electron chi connectivity index (χ0n) is 18.9. The standard InChI is InChI=1S/C22H43N3O4S/c1-2-3-4-5-6-7-8-9-10-19-30-20-11-18-29-21(26)23-12-13-24-14-16-25(17-15-24)22(27)28/h2-20H2,1H3,(H,23,26)(H,27,28). The molecule has 2 N–H and O–H groups in total. The first-order valence-electron chi connectivity index (χ1n) is 11.8. The van der Waals surface area contributed by atoms with Crippen molar-refractivity contribution in [3.63, 3.8) is 0 Å². The van der Waals surface area contributed by atoms with E-state index in [1.54, 1.807) is 0 Å². The predicted octanol–water partition coefficient (Wildman–Crippen LogP) is 4.66. The van der Waals surface area contributed by atoms with Crippen LogP contribution in [0.5, 0.6) is 0 Å². The molecule has 176 valence electrons. The van der Waals surface area contributed by atoms with E-state index in [4.69, 9.17) is 9.84 Å². The Balaban J connectivity index is 1.80. The van der Waals surface area contributed by atoms with E-state index in [1.165, 1.54) is 68.4 Å². The molecule has 1 fully saturated rings. The van der Waals surface area contributed by atoms with Crippen LogP contribution in [0.3, 0.4) is 0 Å². The van der Waals surface area contributed by atoms with Gasteiger partial charge < -0.3 is 20.1 Å². The van der Waals surface area contributed by atoms with Crippen molar-refractivity contribution in [2.24, 2.45) is 0 Å². The predicted molar refractivity (Wildman–Crippen MR) is 125 cm³/mol. The van der Waals surface area contributed by atoms with Crippen LogP contribution in [0.1, 0.15) is 71.1 Å². The number of rotatable bonds is 17. The van der Waals surface area contributed by atoms with E-state index < -0.39 is 6.09 Å². The Kier molecular flexibility index (Phi) is 16.7. The Morgan fingerprint density at radius 2 is 1.50 bits per heavy atom. The number of unbranched alkanes of at least 4 members (excludes halogenated alkanes) is 8. The molecule has 1 saturated heterocycles. The summed E-state index contributed by atoms with van der Waals surface area (Å²) < 4.78 is 5.21. The molecule has 1 aliphatic rings. The van der Waals surface area contributed by atoms with Gasteiger partial charge in [-0.05, 0) is 24.3 Å². The van der Waals surface area contributed by atoms with Crippen molar-refractivity contribution in [3.05, 3.63) is 0 Å². The number of hydrogen-bond donors (Lipinski definition) is 2. The molecule has 0 aromatic heterocycles. The highest BCUT2D eigenvalue weighted by Crippen LogP contribution is 2.12. The molecule has 0 unspecified atom stereocenters. The SMILES string of the molecule is CCCCCCCCCCCSCCCOC(=O)NCCN1CCN(C(=O)O)CC1. The number of nitrogens with zero attached hydrogens (tertiary/aromatic N) is 2. The summed E-state index contributed by atoms with van der Waals surface area (Å²) in [5.41, 5.74) is 0. The maximum atomic E-state index is 11.7. The monoisotopic (exact) mass is 445 g/mol. The topological polar surface area (TPSA) is 82.1 Å². The summed E-state index contributed by atoms with van der Waals surface area (Å²) in [5, 5.41) is 11.7. The van der Waals surface area contributed by atoms with Gasteiger partial charge in [0.25, 0.3) is 0 Å². The van der Waals surface area contributed by atoms with E-state index in [0.29, 0.717) is 39.3 Å². The van der Waals surface area contributed by atoms with Crippen molar-refractivity contribution in [1.82, 2.24) is 15.1 Å². The number of nitrogens with one attached hydrogen (secondary N) is 1. The number of carbonyl (C=O) groups is 2. The Hall–Kier alpha value is -1.15. The molecule has 0 aromatic rings. The fourth-order valence-corrected chi connectivity index (χ4v) is 4.41. The Bertz CT molecular complexity index is 446. The average Bonchev–Trinajstić information content (AvgIpc) is 2.74. The molecule has 0 saturated carbocycles. The third kappa shape index (κ3) is 14.8. The molecule has 0 radical (unpaired) electrons. The van der Waals surface area contributed by atoms with E-state index in [2.05, 4.69) is 17.1 Å². The van der Waals surface area contributed by atoms with Gasteiger partial charge in [-0.1, -0.05) is 58.3 Å². The van der Waals surface area contributed by atoms with Crippen LogP contribution in [0.4, 0.5) is 9.59 Å². The summed E-state index contributed by atoms with van der Waals surface area (Å²) in [6.45, 7) is 6.44. The van der Waals surface area contributed by atoms with Crippen molar-refractivity contribution in [3.8, 4) is 0 Å².